The maximum Gasteiger partial charge on any atom is 0.275 e. The van der Waals surface area contributed by atoms with Crippen molar-refractivity contribution in [3.05, 3.63) is 36.5 Å². The van der Waals surface area contributed by atoms with E-state index in [0.717, 1.165) is 38.0 Å². The van der Waals surface area contributed by atoms with E-state index in [4.69, 9.17) is 0 Å². The summed E-state index contributed by atoms with van der Waals surface area (Å²) in [5.41, 5.74) is -1.06. The Labute approximate surface area is 170 Å². The Kier molecular flexibility index (Phi) is 5.54. The summed E-state index contributed by atoms with van der Waals surface area (Å²) >= 11 is 0. The van der Waals surface area contributed by atoms with Crippen LogP contribution in [0, 0.1) is 17.8 Å². The molecule has 2 fully saturated rings. The second kappa shape index (κ2) is 7.96. The third kappa shape index (κ3) is 3.51. The Morgan fingerprint density at radius 1 is 0.931 bits per heavy atom. The van der Waals surface area contributed by atoms with E-state index in [2.05, 4.69) is 18.9 Å². The topological polar surface area (TPSA) is 92.2 Å². The van der Waals surface area contributed by atoms with Crippen molar-refractivity contribution < 1.29 is 5.11 Å². The zero-order valence-electron chi connectivity index (χ0n) is 17.5. The summed E-state index contributed by atoms with van der Waals surface area (Å²) in [4.78, 5) is 37.1. The molecule has 0 radical (unpaired) electrons. The van der Waals surface area contributed by atoms with Gasteiger partial charge in [0.1, 0.15) is 0 Å². The molecule has 0 aliphatic heterocycles. The van der Waals surface area contributed by atoms with Crippen molar-refractivity contribution in [2.75, 3.05) is 0 Å². The zero-order chi connectivity index (χ0) is 20.7. The SMILES string of the molecule is CC1CCCC(C)C1n1[nH]c(CCCC2CCCC2)c(-c2c(O)c(=O)c2=O)c1=O. The molecule has 0 bridgehead atoms. The van der Waals surface area contributed by atoms with Gasteiger partial charge in [0.05, 0.1) is 17.2 Å². The van der Waals surface area contributed by atoms with Gasteiger partial charge in [0.15, 0.2) is 5.75 Å². The van der Waals surface area contributed by atoms with Crippen LogP contribution in [0.4, 0.5) is 0 Å². The van der Waals surface area contributed by atoms with Crippen LogP contribution >= 0.6 is 0 Å². The molecule has 158 valence electrons. The maximum atomic E-state index is 13.4. The van der Waals surface area contributed by atoms with Crippen LogP contribution in [0.2, 0.25) is 0 Å². The first-order chi connectivity index (χ1) is 13.9. The van der Waals surface area contributed by atoms with Crippen LogP contribution in [-0.2, 0) is 6.42 Å². The average Bonchev–Trinajstić information content (AvgIpc) is 3.32. The number of nitrogens with one attached hydrogen (secondary N) is 1. The third-order valence-electron chi connectivity index (χ3n) is 7.42. The number of H-pyrrole nitrogens is 1. The first-order valence-electron chi connectivity index (χ1n) is 11.3. The van der Waals surface area contributed by atoms with Crippen molar-refractivity contribution in [2.45, 2.75) is 84.1 Å². The highest BCUT2D eigenvalue weighted by molar-refractivity contribution is 5.74. The molecule has 2 saturated carbocycles. The van der Waals surface area contributed by atoms with E-state index >= 15 is 0 Å². The fourth-order valence-corrected chi connectivity index (χ4v) is 5.80. The molecule has 6 nitrogen and oxygen atoms in total. The van der Waals surface area contributed by atoms with Gasteiger partial charge in [0.25, 0.3) is 11.0 Å². The first-order valence-corrected chi connectivity index (χ1v) is 11.3. The van der Waals surface area contributed by atoms with Gasteiger partial charge in [-0.05, 0) is 43.4 Å². The summed E-state index contributed by atoms with van der Waals surface area (Å²) in [6.07, 6.45) is 11.2. The highest BCUT2D eigenvalue weighted by atomic mass is 16.3. The lowest BCUT2D eigenvalue weighted by Gasteiger charge is -2.34. The van der Waals surface area contributed by atoms with Gasteiger partial charge in [-0.15, -0.1) is 0 Å². The number of nitrogens with zero attached hydrogens (tertiary/aromatic N) is 1. The summed E-state index contributed by atoms with van der Waals surface area (Å²) in [6.45, 7) is 4.34. The maximum absolute atomic E-state index is 13.4. The Bertz CT molecular complexity index is 991. The molecule has 2 aromatic rings. The standard InChI is InChI=1S/C23H32N2O4/c1-13-7-5-8-14(2)19(13)25-23(29)17(18-20(26)22(28)21(18)27)16(24-25)12-6-11-15-9-3-4-10-15/h13-15,19,24,26H,3-12H2,1-2H3. The molecule has 2 N–H and O–H groups in total. The molecule has 6 heteroatoms. The Morgan fingerprint density at radius 2 is 1.59 bits per heavy atom. The summed E-state index contributed by atoms with van der Waals surface area (Å²) in [7, 11) is 0. The molecule has 2 unspecified atom stereocenters. The quantitative estimate of drug-likeness (QED) is 0.724. The van der Waals surface area contributed by atoms with E-state index in [9.17, 15) is 19.5 Å². The Morgan fingerprint density at radius 3 is 2.21 bits per heavy atom. The van der Waals surface area contributed by atoms with Crippen LogP contribution in [0.25, 0.3) is 11.1 Å². The summed E-state index contributed by atoms with van der Waals surface area (Å²) in [6, 6.07) is 0.0483. The van der Waals surface area contributed by atoms with Gasteiger partial charge in [-0.25, -0.2) is 4.68 Å². The number of aryl methyl sites for hydroxylation is 1. The zero-order valence-corrected chi connectivity index (χ0v) is 17.5. The van der Waals surface area contributed by atoms with Crippen molar-refractivity contribution in [3.63, 3.8) is 0 Å². The molecular weight excluding hydrogens is 368 g/mol. The summed E-state index contributed by atoms with van der Waals surface area (Å²) in [5.74, 6) is 0.913. The monoisotopic (exact) mass is 400 g/mol. The van der Waals surface area contributed by atoms with E-state index in [1.807, 2.05) is 0 Å². The lowest BCUT2D eigenvalue weighted by Crippen LogP contribution is -2.36. The fraction of sp³-hybridized carbons (Fsp3) is 0.696. The number of rotatable bonds is 6. The van der Waals surface area contributed by atoms with Crippen LogP contribution in [0.5, 0.6) is 5.75 Å². The minimum Gasteiger partial charge on any atom is -0.503 e. The van der Waals surface area contributed by atoms with E-state index < -0.39 is 16.6 Å². The molecule has 0 saturated heterocycles. The predicted molar refractivity (Wildman–Crippen MR) is 113 cm³/mol. The molecule has 2 atom stereocenters. The second-order valence-electron chi connectivity index (χ2n) is 9.44. The van der Waals surface area contributed by atoms with Crippen LogP contribution in [0.15, 0.2) is 14.4 Å². The largest absolute Gasteiger partial charge is 0.503 e. The number of hydrogen-bond donors (Lipinski definition) is 2. The predicted octanol–water partition coefficient (Wildman–Crippen LogP) is 3.66. The number of aromatic nitrogens is 2. The molecule has 1 aromatic carbocycles. The minimum atomic E-state index is -0.886. The lowest BCUT2D eigenvalue weighted by molar-refractivity contribution is 0.166. The molecule has 1 aromatic heterocycles. The molecule has 2 aliphatic rings. The molecule has 29 heavy (non-hydrogen) atoms. The van der Waals surface area contributed by atoms with Crippen molar-refractivity contribution in [1.29, 1.82) is 0 Å². The Balaban J connectivity index is 1.69. The summed E-state index contributed by atoms with van der Waals surface area (Å²) in [5, 5.41) is 13.3. The molecule has 0 spiro atoms. The van der Waals surface area contributed by atoms with Crippen LogP contribution in [-0.4, -0.2) is 14.9 Å². The van der Waals surface area contributed by atoms with Crippen molar-refractivity contribution in [3.8, 4) is 16.9 Å². The van der Waals surface area contributed by atoms with Gasteiger partial charge >= 0.3 is 0 Å². The van der Waals surface area contributed by atoms with Crippen LogP contribution in [0.3, 0.4) is 0 Å². The Hall–Kier alpha value is -2.11. The second-order valence-corrected chi connectivity index (χ2v) is 9.44. The van der Waals surface area contributed by atoms with Gasteiger partial charge in [0, 0.05) is 5.69 Å². The van der Waals surface area contributed by atoms with Gasteiger partial charge < -0.3 is 5.11 Å². The molecule has 1 heterocycles. The number of aromatic amines is 1. The number of aromatic hydroxyl groups is 1. The highest BCUT2D eigenvalue weighted by Crippen LogP contribution is 2.38. The van der Waals surface area contributed by atoms with Crippen LogP contribution in [0.1, 0.15) is 83.4 Å². The fourth-order valence-electron chi connectivity index (χ4n) is 5.80. The molecule has 0 amide bonds. The lowest BCUT2D eigenvalue weighted by atomic mass is 9.79. The molecular formula is C23H32N2O4. The minimum absolute atomic E-state index is 0.0483. The van der Waals surface area contributed by atoms with Crippen molar-refractivity contribution in [1.82, 2.24) is 9.78 Å². The third-order valence-corrected chi connectivity index (χ3v) is 7.42. The normalized spacial score (nSPS) is 25.8. The van der Waals surface area contributed by atoms with Gasteiger partial charge in [-0.2, -0.15) is 0 Å². The average molecular weight is 401 g/mol. The number of hydrogen-bond acceptors (Lipinski definition) is 4. The van der Waals surface area contributed by atoms with E-state index in [1.54, 1.807) is 4.68 Å². The molecule has 4 rings (SSSR count). The van der Waals surface area contributed by atoms with Gasteiger partial charge in [-0.1, -0.05) is 52.4 Å². The summed E-state index contributed by atoms with van der Waals surface area (Å²) < 4.78 is 1.69. The first kappa shape index (κ1) is 20.2. The van der Waals surface area contributed by atoms with Gasteiger partial charge in [0.2, 0.25) is 5.43 Å². The van der Waals surface area contributed by atoms with Crippen molar-refractivity contribution >= 4 is 0 Å². The molecule has 2 aliphatic carbocycles. The van der Waals surface area contributed by atoms with Crippen LogP contribution < -0.4 is 16.4 Å². The highest BCUT2D eigenvalue weighted by Gasteiger charge is 2.34. The van der Waals surface area contributed by atoms with E-state index in [0.29, 0.717) is 24.0 Å². The van der Waals surface area contributed by atoms with Crippen molar-refractivity contribution in [2.24, 2.45) is 17.8 Å². The van der Waals surface area contributed by atoms with E-state index in [-0.39, 0.29) is 22.7 Å². The smallest absolute Gasteiger partial charge is 0.275 e. The van der Waals surface area contributed by atoms with Gasteiger partial charge in [-0.3, -0.25) is 19.5 Å². The van der Waals surface area contributed by atoms with E-state index in [1.165, 1.54) is 25.7 Å².